The van der Waals surface area contributed by atoms with Crippen molar-refractivity contribution in [1.29, 1.82) is 0 Å². The second-order valence-electron chi connectivity index (χ2n) is 6.95. The summed E-state index contributed by atoms with van der Waals surface area (Å²) in [5.41, 5.74) is 0.825. The van der Waals surface area contributed by atoms with Crippen molar-refractivity contribution in [3.8, 4) is 11.5 Å². The lowest BCUT2D eigenvalue weighted by atomic mass is 10.1. The number of hydrogen-bond donors (Lipinski definition) is 1. The van der Waals surface area contributed by atoms with E-state index in [-0.39, 0.29) is 11.3 Å². The molecule has 24 heavy (non-hydrogen) atoms. The highest BCUT2D eigenvalue weighted by molar-refractivity contribution is 5.94. The van der Waals surface area contributed by atoms with Gasteiger partial charge in [0.2, 0.25) is 0 Å². The van der Waals surface area contributed by atoms with Crippen LogP contribution in [0.3, 0.4) is 0 Å². The van der Waals surface area contributed by atoms with Crippen LogP contribution in [0.25, 0.3) is 0 Å². The second-order valence-corrected chi connectivity index (χ2v) is 6.95. The molecule has 0 bridgehead atoms. The molecule has 6 heteroatoms. The number of nitrogens with zero attached hydrogens (tertiary/aromatic N) is 1. The molecule has 0 atom stereocenters. The first-order valence-electron chi connectivity index (χ1n) is 8.72. The van der Waals surface area contributed by atoms with Gasteiger partial charge in [0.1, 0.15) is 0 Å². The number of benzene rings is 1. The molecule has 1 N–H and O–H groups in total. The van der Waals surface area contributed by atoms with Gasteiger partial charge in [-0.1, -0.05) is 0 Å². The van der Waals surface area contributed by atoms with Crippen molar-refractivity contribution in [2.24, 2.45) is 5.41 Å². The quantitative estimate of drug-likeness (QED) is 0.901. The van der Waals surface area contributed by atoms with Crippen LogP contribution < -0.4 is 14.8 Å². The van der Waals surface area contributed by atoms with E-state index >= 15 is 0 Å². The van der Waals surface area contributed by atoms with Gasteiger partial charge in [-0.25, -0.2) is 0 Å². The molecule has 1 aliphatic carbocycles. The number of ether oxygens (including phenoxy) is 3. The van der Waals surface area contributed by atoms with Gasteiger partial charge in [-0.3, -0.25) is 9.69 Å². The standard InChI is InChI=1S/C18H24N2O4/c21-17(19-5-6-20-7-9-22-10-8-20)14-1-2-15-16(11-14)24-13-18(3-4-18)12-23-15/h1-2,11H,3-10,12-13H2,(H,19,21). The molecule has 1 saturated heterocycles. The van der Waals surface area contributed by atoms with Gasteiger partial charge in [0.15, 0.2) is 11.5 Å². The highest BCUT2D eigenvalue weighted by Gasteiger charge is 2.46. The average molecular weight is 332 g/mol. The predicted molar refractivity (Wildman–Crippen MR) is 88.7 cm³/mol. The zero-order valence-corrected chi connectivity index (χ0v) is 13.9. The summed E-state index contributed by atoms with van der Waals surface area (Å²) >= 11 is 0. The molecule has 1 amide bonds. The van der Waals surface area contributed by atoms with Crippen LogP contribution in [0, 0.1) is 5.41 Å². The Morgan fingerprint density at radius 3 is 2.62 bits per heavy atom. The Labute approximate surface area is 142 Å². The molecular formula is C18H24N2O4. The Balaban J connectivity index is 1.32. The topological polar surface area (TPSA) is 60.0 Å². The fourth-order valence-electron chi connectivity index (χ4n) is 3.10. The van der Waals surface area contributed by atoms with E-state index in [0.29, 0.717) is 31.1 Å². The molecule has 2 fully saturated rings. The van der Waals surface area contributed by atoms with Crippen molar-refractivity contribution in [3.05, 3.63) is 23.8 Å². The van der Waals surface area contributed by atoms with E-state index in [0.717, 1.165) is 51.4 Å². The molecule has 0 aromatic heterocycles. The normalized spacial score (nSPS) is 22.0. The summed E-state index contributed by atoms with van der Waals surface area (Å²) in [6.45, 7) is 6.30. The largest absolute Gasteiger partial charge is 0.489 e. The van der Waals surface area contributed by atoms with E-state index in [4.69, 9.17) is 14.2 Å². The number of rotatable bonds is 4. The molecule has 1 saturated carbocycles. The van der Waals surface area contributed by atoms with Crippen molar-refractivity contribution >= 4 is 5.91 Å². The molecular weight excluding hydrogens is 308 g/mol. The maximum Gasteiger partial charge on any atom is 0.251 e. The first-order chi connectivity index (χ1) is 11.7. The van der Waals surface area contributed by atoms with Crippen LogP contribution in [0.1, 0.15) is 23.2 Å². The zero-order chi connectivity index (χ0) is 16.4. The fraction of sp³-hybridized carbons (Fsp3) is 0.611. The van der Waals surface area contributed by atoms with Crippen LogP contribution in [0.15, 0.2) is 18.2 Å². The summed E-state index contributed by atoms with van der Waals surface area (Å²) < 4.78 is 17.1. The van der Waals surface area contributed by atoms with Gasteiger partial charge in [-0.2, -0.15) is 0 Å². The van der Waals surface area contributed by atoms with E-state index in [2.05, 4.69) is 10.2 Å². The number of carbonyl (C=O) groups excluding carboxylic acids is 1. The maximum absolute atomic E-state index is 12.3. The molecule has 4 rings (SSSR count). The summed E-state index contributed by atoms with van der Waals surface area (Å²) in [5, 5.41) is 2.98. The molecule has 0 radical (unpaired) electrons. The molecule has 6 nitrogen and oxygen atoms in total. The minimum absolute atomic E-state index is 0.0694. The molecule has 2 heterocycles. The van der Waals surface area contributed by atoms with Gasteiger partial charge in [-0.05, 0) is 31.0 Å². The van der Waals surface area contributed by atoms with Gasteiger partial charge < -0.3 is 19.5 Å². The van der Waals surface area contributed by atoms with Crippen molar-refractivity contribution in [1.82, 2.24) is 10.2 Å². The van der Waals surface area contributed by atoms with E-state index in [1.165, 1.54) is 0 Å². The highest BCUT2D eigenvalue weighted by Crippen LogP contribution is 2.49. The van der Waals surface area contributed by atoms with Gasteiger partial charge in [-0.15, -0.1) is 0 Å². The van der Waals surface area contributed by atoms with Crippen LogP contribution >= 0.6 is 0 Å². The van der Waals surface area contributed by atoms with Crippen LogP contribution in [-0.2, 0) is 4.74 Å². The lowest BCUT2D eigenvalue weighted by Crippen LogP contribution is -2.41. The van der Waals surface area contributed by atoms with Gasteiger partial charge in [0, 0.05) is 37.2 Å². The Bertz CT molecular complexity index is 609. The number of amides is 1. The van der Waals surface area contributed by atoms with Gasteiger partial charge in [0.05, 0.1) is 26.4 Å². The van der Waals surface area contributed by atoms with Gasteiger partial charge >= 0.3 is 0 Å². The molecule has 1 aromatic rings. The number of morpholine rings is 1. The van der Waals surface area contributed by atoms with Crippen LogP contribution in [0.4, 0.5) is 0 Å². The fourth-order valence-corrected chi connectivity index (χ4v) is 3.10. The predicted octanol–water partition coefficient (Wildman–Crippen LogP) is 1.30. The van der Waals surface area contributed by atoms with Crippen molar-refractivity contribution in [2.45, 2.75) is 12.8 Å². The molecule has 0 unspecified atom stereocenters. The SMILES string of the molecule is O=C(NCCN1CCOCC1)c1ccc2c(c1)OCC1(CC1)CO2. The third kappa shape index (κ3) is 3.49. The van der Waals surface area contributed by atoms with E-state index < -0.39 is 0 Å². The highest BCUT2D eigenvalue weighted by atomic mass is 16.5. The number of carbonyl (C=O) groups is 1. The maximum atomic E-state index is 12.3. The molecule has 2 aliphatic heterocycles. The number of nitrogens with one attached hydrogen (secondary N) is 1. The van der Waals surface area contributed by atoms with E-state index in [1.807, 2.05) is 6.07 Å². The average Bonchev–Trinajstić information content (AvgIpc) is 3.42. The molecule has 1 aromatic carbocycles. The minimum atomic E-state index is -0.0694. The number of fused-ring (bicyclic) bond motifs is 1. The van der Waals surface area contributed by atoms with Crippen LogP contribution in [0.5, 0.6) is 11.5 Å². The summed E-state index contributed by atoms with van der Waals surface area (Å²) in [6, 6.07) is 5.44. The Morgan fingerprint density at radius 2 is 1.88 bits per heavy atom. The van der Waals surface area contributed by atoms with Crippen molar-refractivity contribution in [2.75, 3.05) is 52.6 Å². The molecule has 130 valence electrons. The third-order valence-electron chi connectivity index (χ3n) is 5.05. The minimum Gasteiger partial charge on any atom is -0.489 e. The van der Waals surface area contributed by atoms with Crippen LogP contribution in [0.2, 0.25) is 0 Å². The summed E-state index contributed by atoms with van der Waals surface area (Å²) in [5.74, 6) is 1.35. The van der Waals surface area contributed by atoms with E-state index in [9.17, 15) is 4.79 Å². The number of hydrogen-bond acceptors (Lipinski definition) is 5. The first-order valence-corrected chi connectivity index (χ1v) is 8.72. The van der Waals surface area contributed by atoms with Gasteiger partial charge in [0.25, 0.3) is 5.91 Å². The first kappa shape index (κ1) is 15.7. The molecule has 1 spiro atoms. The second kappa shape index (κ2) is 6.61. The zero-order valence-electron chi connectivity index (χ0n) is 13.9. The van der Waals surface area contributed by atoms with Crippen LogP contribution in [-0.4, -0.2) is 63.4 Å². The lowest BCUT2D eigenvalue weighted by molar-refractivity contribution is 0.0383. The van der Waals surface area contributed by atoms with E-state index in [1.54, 1.807) is 12.1 Å². The van der Waals surface area contributed by atoms with Crippen molar-refractivity contribution in [3.63, 3.8) is 0 Å². The smallest absolute Gasteiger partial charge is 0.251 e. The Morgan fingerprint density at radius 1 is 1.12 bits per heavy atom. The summed E-state index contributed by atoms with van der Waals surface area (Å²) in [6.07, 6.45) is 2.33. The lowest BCUT2D eigenvalue weighted by Gasteiger charge is -2.26. The third-order valence-corrected chi connectivity index (χ3v) is 5.05. The Hall–Kier alpha value is -1.79. The Kier molecular flexibility index (Phi) is 4.33. The molecule has 3 aliphatic rings. The summed E-state index contributed by atoms with van der Waals surface area (Å²) in [7, 11) is 0. The summed E-state index contributed by atoms with van der Waals surface area (Å²) in [4.78, 5) is 14.6. The monoisotopic (exact) mass is 332 g/mol. The van der Waals surface area contributed by atoms with Crippen molar-refractivity contribution < 1.29 is 19.0 Å².